The standard InChI is InChI=1S/C10H18OS/c11-9-3-1-2-4-10(9)12-7-8-5-6-8/h8-11H,1-7H2. The Morgan fingerprint density at radius 3 is 2.50 bits per heavy atom. The Morgan fingerprint density at radius 1 is 1.08 bits per heavy atom. The topological polar surface area (TPSA) is 20.2 Å². The molecule has 0 aromatic heterocycles. The number of thioether (sulfide) groups is 1. The molecule has 2 aliphatic carbocycles. The van der Waals surface area contributed by atoms with Crippen LogP contribution >= 0.6 is 11.8 Å². The molecular weight excluding hydrogens is 168 g/mol. The highest BCUT2D eigenvalue weighted by Crippen LogP contribution is 2.37. The summed E-state index contributed by atoms with van der Waals surface area (Å²) in [4.78, 5) is 0. The molecule has 0 heterocycles. The van der Waals surface area contributed by atoms with Crippen molar-refractivity contribution in [2.24, 2.45) is 5.92 Å². The van der Waals surface area contributed by atoms with E-state index in [9.17, 15) is 5.11 Å². The van der Waals surface area contributed by atoms with E-state index < -0.39 is 0 Å². The third-order valence-electron chi connectivity index (χ3n) is 2.91. The molecular formula is C10H18OS. The van der Waals surface area contributed by atoms with Crippen molar-refractivity contribution in [1.29, 1.82) is 0 Å². The van der Waals surface area contributed by atoms with Crippen LogP contribution in [0.3, 0.4) is 0 Å². The fourth-order valence-corrected chi connectivity index (χ4v) is 3.36. The molecule has 1 nitrogen and oxygen atoms in total. The highest BCUT2D eigenvalue weighted by atomic mass is 32.2. The quantitative estimate of drug-likeness (QED) is 0.730. The summed E-state index contributed by atoms with van der Waals surface area (Å²) in [6.45, 7) is 0. The maximum Gasteiger partial charge on any atom is 0.0658 e. The Balaban J connectivity index is 1.68. The number of aliphatic hydroxyl groups excluding tert-OH is 1. The van der Waals surface area contributed by atoms with Gasteiger partial charge in [-0.1, -0.05) is 12.8 Å². The predicted molar refractivity (Wildman–Crippen MR) is 53.4 cm³/mol. The van der Waals surface area contributed by atoms with Crippen LogP contribution in [0.15, 0.2) is 0 Å². The minimum Gasteiger partial charge on any atom is -0.392 e. The van der Waals surface area contributed by atoms with Crippen LogP contribution in [0, 0.1) is 5.92 Å². The summed E-state index contributed by atoms with van der Waals surface area (Å²) < 4.78 is 0. The van der Waals surface area contributed by atoms with Gasteiger partial charge < -0.3 is 5.11 Å². The van der Waals surface area contributed by atoms with Crippen LogP contribution in [-0.4, -0.2) is 22.2 Å². The van der Waals surface area contributed by atoms with Gasteiger partial charge in [-0.25, -0.2) is 0 Å². The van der Waals surface area contributed by atoms with E-state index >= 15 is 0 Å². The maximum atomic E-state index is 9.68. The second-order valence-electron chi connectivity index (χ2n) is 4.17. The predicted octanol–water partition coefficient (Wildman–Crippen LogP) is 2.43. The molecule has 70 valence electrons. The Hall–Kier alpha value is 0.310. The normalized spacial score (nSPS) is 36.8. The van der Waals surface area contributed by atoms with Gasteiger partial charge in [0.1, 0.15) is 0 Å². The van der Waals surface area contributed by atoms with Gasteiger partial charge >= 0.3 is 0 Å². The van der Waals surface area contributed by atoms with Gasteiger partial charge in [-0.2, -0.15) is 11.8 Å². The minimum atomic E-state index is 0.00231. The van der Waals surface area contributed by atoms with Crippen LogP contribution < -0.4 is 0 Å². The van der Waals surface area contributed by atoms with Crippen LogP contribution in [0.25, 0.3) is 0 Å². The molecule has 0 amide bonds. The van der Waals surface area contributed by atoms with Gasteiger partial charge in [-0.05, 0) is 37.4 Å². The van der Waals surface area contributed by atoms with Gasteiger partial charge in [-0.15, -0.1) is 0 Å². The number of hydrogen-bond donors (Lipinski definition) is 1. The summed E-state index contributed by atoms with van der Waals surface area (Å²) in [5, 5.41) is 10.3. The van der Waals surface area contributed by atoms with Crippen molar-refractivity contribution >= 4 is 11.8 Å². The zero-order valence-electron chi connectivity index (χ0n) is 7.54. The van der Waals surface area contributed by atoms with Crippen molar-refractivity contribution in [3.05, 3.63) is 0 Å². The van der Waals surface area contributed by atoms with Crippen molar-refractivity contribution in [2.75, 3.05) is 5.75 Å². The van der Waals surface area contributed by atoms with Crippen molar-refractivity contribution in [2.45, 2.75) is 49.9 Å². The first-order valence-corrected chi connectivity index (χ1v) is 6.21. The lowest BCUT2D eigenvalue weighted by Gasteiger charge is -2.26. The Morgan fingerprint density at radius 2 is 1.83 bits per heavy atom. The SMILES string of the molecule is OC1CCCCC1SCC1CC1. The summed E-state index contributed by atoms with van der Waals surface area (Å²) in [7, 11) is 0. The average molecular weight is 186 g/mol. The zero-order valence-corrected chi connectivity index (χ0v) is 8.35. The molecule has 2 aliphatic rings. The molecule has 0 bridgehead atoms. The van der Waals surface area contributed by atoms with Gasteiger partial charge in [0, 0.05) is 5.25 Å². The van der Waals surface area contributed by atoms with E-state index in [1.54, 1.807) is 0 Å². The number of aliphatic hydroxyl groups is 1. The maximum absolute atomic E-state index is 9.68. The molecule has 0 aromatic carbocycles. The zero-order chi connectivity index (χ0) is 8.39. The van der Waals surface area contributed by atoms with E-state index in [1.807, 2.05) is 11.8 Å². The molecule has 0 aromatic rings. The first-order chi connectivity index (χ1) is 5.86. The van der Waals surface area contributed by atoms with E-state index in [1.165, 1.54) is 37.9 Å². The van der Waals surface area contributed by atoms with Crippen LogP contribution in [0.4, 0.5) is 0 Å². The Bertz CT molecular complexity index is 145. The minimum absolute atomic E-state index is 0.00231. The van der Waals surface area contributed by atoms with Gasteiger partial charge in [0.15, 0.2) is 0 Å². The molecule has 2 fully saturated rings. The van der Waals surface area contributed by atoms with E-state index in [2.05, 4.69) is 0 Å². The summed E-state index contributed by atoms with van der Waals surface area (Å²) in [6, 6.07) is 0. The first kappa shape index (κ1) is 8.89. The largest absolute Gasteiger partial charge is 0.392 e. The lowest BCUT2D eigenvalue weighted by molar-refractivity contribution is 0.137. The molecule has 2 unspecified atom stereocenters. The fraction of sp³-hybridized carbons (Fsp3) is 1.00. The van der Waals surface area contributed by atoms with E-state index in [0.717, 1.165) is 12.3 Å². The van der Waals surface area contributed by atoms with Gasteiger partial charge in [-0.3, -0.25) is 0 Å². The molecule has 2 heteroatoms. The molecule has 1 N–H and O–H groups in total. The smallest absolute Gasteiger partial charge is 0.0658 e. The van der Waals surface area contributed by atoms with Crippen LogP contribution in [0.2, 0.25) is 0 Å². The van der Waals surface area contributed by atoms with Crippen molar-refractivity contribution in [3.8, 4) is 0 Å². The molecule has 0 saturated heterocycles. The van der Waals surface area contributed by atoms with Crippen LogP contribution in [0.5, 0.6) is 0 Å². The number of rotatable bonds is 3. The van der Waals surface area contributed by atoms with Gasteiger partial charge in [0.25, 0.3) is 0 Å². The average Bonchev–Trinajstić information content (AvgIpc) is 2.86. The van der Waals surface area contributed by atoms with Gasteiger partial charge in [0.2, 0.25) is 0 Å². The summed E-state index contributed by atoms with van der Waals surface area (Å²) in [5.74, 6) is 2.31. The Kier molecular flexibility index (Phi) is 2.97. The first-order valence-electron chi connectivity index (χ1n) is 5.16. The fourth-order valence-electron chi connectivity index (χ4n) is 1.82. The summed E-state index contributed by atoms with van der Waals surface area (Å²) in [5.41, 5.74) is 0. The number of hydrogen-bond acceptors (Lipinski definition) is 2. The third kappa shape index (κ3) is 2.40. The monoisotopic (exact) mass is 186 g/mol. The molecule has 2 rings (SSSR count). The molecule has 0 spiro atoms. The summed E-state index contributed by atoms with van der Waals surface area (Å²) >= 11 is 2.03. The molecule has 0 aliphatic heterocycles. The van der Waals surface area contributed by atoms with E-state index in [0.29, 0.717) is 5.25 Å². The van der Waals surface area contributed by atoms with Crippen molar-refractivity contribution in [3.63, 3.8) is 0 Å². The van der Waals surface area contributed by atoms with Crippen LogP contribution in [-0.2, 0) is 0 Å². The van der Waals surface area contributed by atoms with E-state index in [4.69, 9.17) is 0 Å². The van der Waals surface area contributed by atoms with Gasteiger partial charge in [0.05, 0.1) is 6.10 Å². The van der Waals surface area contributed by atoms with Crippen molar-refractivity contribution in [1.82, 2.24) is 0 Å². The highest BCUT2D eigenvalue weighted by molar-refractivity contribution is 7.99. The lowest BCUT2D eigenvalue weighted by atomic mass is 9.97. The van der Waals surface area contributed by atoms with E-state index in [-0.39, 0.29) is 6.10 Å². The second kappa shape index (κ2) is 4.01. The molecule has 0 radical (unpaired) electrons. The highest BCUT2D eigenvalue weighted by Gasteiger charge is 2.27. The third-order valence-corrected chi connectivity index (χ3v) is 4.55. The Labute approximate surface area is 78.9 Å². The molecule has 2 saturated carbocycles. The van der Waals surface area contributed by atoms with Crippen LogP contribution in [0.1, 0.15) is 38.5 Å². The second-order valence-corrected chi connectivity index (χ2v) is 5.44. The molecule has 12 heavy (non-hydrogen) atoms. The van der Waals surface area contributed by atoms with Crippen molar-refractivity contribution < 1.29 is 5.11 Å². The molecule has 2 atom stereocenters. The summed E-state index contributed by atoms with van der Waals surface area (Å²) in [6.07, 6.45) is 7.75. The lowest BCUT2D eigenvalue weighted by Crippen LogP contribution is -2.27.